The van der Waals surface area contributed by atoms with Crippen LogP contribution in [-0.4, -0.2) is 31.4 Å². The number of benzene rings is 1. The van der Waals surface area contributed by atoms with Crippen LogP contribution in [0.1, 0.15) is 11.7 Å². The number of hydrogen-bond acceptors (Lipinski definition) is 5. The maximum atomic E-state index is 11.0. The van der Waals surface area contributed by atoms with Crippen molar-refractivity contribution in [2.24, 2.45) is 5.73 Å². The summed E-state index contributed by atoms with van der Waals surface area (Å²) in [6.45, 7) is 0.0170. The predicted octanol–water partition coefficient (Wildman–Crippen LogP) is -0.244. The van der Waals surface area contributed by atoms with E-state index in [2.05, 4.69) is 4.72 Å². The Bertz CT molecular complexity index is 472. The van der Waals surface area contributed by atoms with Gasteiger partial charge in [-0.2, -0.15) is 0 Å². The third kappa shape index (κ3) is 3.37. The van der Waals surface area contributed by atoms with Crippen LogP contribution in [-0.2, 0) is 10.0 Å². The van der Waals surface area contributed by atoms with Crippen molar-refractivity contribution in [3.05, 3.63) is 23.8 Å². The van der Waals surface area contributed by atoms with E-state index in [1.807, 2.05) is 0 Å². The molecule has 1 aromatic carbocycles. The van der Waals surface area contributed by atoms with Gasteiger partial charge in [-0.15, -0.1) is 0 Å². The summed E-state index contributed by atoms with van der Waals surface area (Å²) in [6.07, 6.45) is 0.0825. The van der Waals surface area contributed by atoms with Crippen molar-refractivity contribution < 1.29 is 18.6 Å². The lowest BCUT2D eigenvalue weighted by atomic mass is 10.1. The molecule has 1 aromatic rings. The topological polar surface area (TPSA) is 113 Å². The standard InChI is InChI=1S/C9H14N2O4S/c1-16(14,15)11-7-4-6(9(13)5-10)2-3-8(7)12/h2-4,9,11-13H,5,10H2,1H3/t9-/m1/s1. The number of sulfonamides is 1. The van der Waals surface area contributed by atoms with Gasteiger partial charge >= 0.3 is 0 Å². The van der Waals surface area contributed by atoms with Crippen molar-refractivity contribution in [2.45, 2.75) is 6.10 Å². The van der Waals surface area contributed by atoms with Gasteiger partial charge in [-0.1, -0.05) is 6.07 Å². The normalized spacial score (nSPS) is 13.4. The first-order valence-electron chi connectivity index (χ1n) is 4.52. The lowest BCUT2D eigenvalue weighted by Gasteiger charge is -2.12. The molecule has 0 amide bonds. The maximum absolute atomic E-state index is 11.0. The number of phenols is 1. The monoisotopic (exact) mass is 246 g/mol. The van der Waals surface area contributed by atoms with E-state index in [9.17, 15) is 18.6 Å². The molecule has 0 aliphatic rings. The summed E-state index contributed by atoms with van der Waals surface area (Å²) in [7, 11) is -3.47. The molecule has 0 aliphatic carbocycles. The second-order valence-corrected chi connectivity index (χ2v) is 5.15. The first-order valence-corrected chi connectivity index (χ1v) is 6.41. The molecule has 1 atom stereocenters. The molecule has 0 bridgehead atoms. The molecule has 5 N–H and O–H groups in total. The van der Waals surface area contributed by atoms with E-state index in [-0.39, 0.29) is 18.0 Å². The van der Waals surface area contributed by atoms with E-state index < -0.39 is 16.1 Å². The van der Waals surface area contributed by atoms with E-state index in [1.54, 1.807) is 0 Å². The molecule has 0 heterocycles. The number of aliphatic hydroxyl groups excluding tert-OH is 1. The summed E-state index contributed by atoms with van der Waals surface area (Å²) in [4.78, 5) is 0. The van der Waals surface area contributed by atoms with Gasteiger partial charge in [0.2, 0.25) is 10.0 Å². The Labute approximate surface area is 93.8 Å². The van der Waals surface area contributed by atoms with Crippen molar-refractivity contribution in [2.75, 3.05) is 17.5 Å². The fourth-order valence-electron chi connectivity index (χ4n) is 1.18. The smallest absolute Gasteiger partial charge is 0.229 e. The van der Waals surface area contributed by atoms with Gasteiger partial charge in [-0.05, 0) is 17.7 Å². The number of anilines is 1. The Kier molecular flexibility index (Phi) is 3.74. The fraction of sp³-hybridized carbons (Fsp3) is 0.333. The van der Waals surface area contributed by atoms with Crippen LogP contribution in [0.25, 0.3) is 0 Å². The molecule has 0 saturated carbocycles. The third-order valence-electron chi connectivity index (χ3n) is 1.92. The molecule has 1 rings (SSSR count). The predicted molar refractivity (Wildman–Crippen MR) is 60.6 cm³/mol. The lowest BCUT2D eigenvalue weighted by Crippen LogP contribution is -2.13. The SMILES string of the molecule is CS(=O)(=O)Nc1cc([C@H](O)CN)ccc1O. The number of phenolic OH excluding ortho intramolecular Hbond substituents is 1. The quantitative estimate of drug-likeness (QED) is 0.547. The van der Waals surface area contributed by atoms with Crippen LogP contribution in [0.15, 0.2) is 18.2 Å². The maximum Gasteiger partial charge on any atom is 0.229 e. The summed E-state index contributed by atoms with van der Waals surface area (Å²) in [5.74, 6) is -0.210. The fourth-order valence-corrected chi connectivity index (χ4v) is 1.74. The van der Waals surface area contributed by atoms with Gasteiger partial charge in [0.05, 0.1) is 18.0 Å². The van der Waals surface area contributed by atoms with E-state index in [4.69, 9.17) is 5.73 Å². The number of aliphatic hydroxyl groups is 1. The molecule has 16 heavy (non-hydrogen) atoms. The summed E-state index contributed by atoms with van der Waals surface area (Å²) in [5.41, 5.74) is 5.73. The highest BCUT2D eigenvalue weighted by molar-refractivity contribution is 7.92. The summed E-state index contributed by atoms with van der Waals surface area (Å²) in [5, 5.41) is 18.9. The van der Waals surface area contributed by atoms with Crippen molar-refractivity contribution in [1.29, 1.82) is 0 Å². The highest BCUT2D eigenvalue weighted by Gasteiger charge is 2.11. The van der Waals surface area contributed by atoms with Crippen LogP contribution in [0.2, 0.25) is 0 Å². The van der Waals surface area contributed by atoms with Crippen LogP contribution in [0.4, 0.5) is 5.69 Å². The molecule has 0 unspecified atom stereocenters. The van der Waals surface area contributed by atoms with Gasteiger partial charge in [-0.3, -0.25) is 4.72 Å². The van der Waals surface area contributed by atoms with Gasteiger partial charge in [0, 0.05) is 6.54 Å². The molecule has 6 nitrogen and oxygen atoms in total. The van der Waals surface area contributed by atoms with Gasteiger partial charge in [0.15, 0.2) is 0 Å². The molecule has 0 radical (unpaired) electrons. The van der Waals surface area contributed by atoms with E-state index in [0.717, 1.165) is 6.26 Å². The van der Waals surface area contributed by atoms with E-state index in [1.165, 1.54) is 18.2 Å². The van der Waals surface area contributed by atoms with Crippen LogP contribution < -0.4 is 10.5 Å². The highest BCUT2D eigenvalue weighted by atomic mass is 32.2. The highest BCUT2D eigenvalue weighted by Crippen LogP contribution is 2.27. The number of hydrogen-bond donors (Lipinski definition) is 4. The molecule has 90 valence electrons. The second-order valence-electron chi connectivity index (χ2n) is 3.40. The molecule has 0 fully saturated rings. The number of aromatic hydroxyl groups is 1. The van der Waals surface area contributed by atoms with Crippen LogP contribution in [0, 0.1) is 0 Å². The lowest BCUT2D eigenvalue weighted by molar-refractivity contribution is 0.186. The van der Waals surface area contributed by atoms with Crippen molar-refractivity contribution in [3.8, 4) is 5.75 Å². The Morgan fingerprint density at radius 1 is 1.50 bits per heavy atom. The van der Waals surface area contributed by atoms with Gasteiger partial charge in [0.25, 0.3) is 0 Å². The number of nitrogens with one attached hydrogen (secondary N) is 1. The minimum Gasteiger partial charge on any atom is -0.506 e. The zero-order chi connectivity index (χ0) is 12.3. The molecular weight excluding hydrogens is 232 g/mol. The average Bonchev–Trinajstić information content (AvgIpc) is 2.18. The Balaban J connectivity index is 3.09. The zero-order valence-corrected chi connectivity index (χ0v) is 9.53. The van der Waals surface area contributed by atoms with Crippen LogP contribution in [0.5, 0.6) is 5.75 Å². The second kappa shape index (κ2) is 4.69. The van der Waals surface area contributed by atoms with Crippen molar-refractivity contribution >= 4 is 15.7 Å². The first-order chi connectivity index (χ1) is 7.33. The van der Waals surface area contributed by atoms with E-state index in [0.29, 0.717) is 5.56 Å². The molecule has 0 aliphatic heterocycles. The zero-order valence-electron chi connectivity index (χ0n) is 8.71. The van der Waals surface area contributed by atoms with Gasteiger partial charge < -0.3 is 15.9 Å². The van der Waals surface area contributed by atoms with Crippen LogP contribution in [0.3, 0.4) is 0 Å². The summed E-state index contributed by atoms with van der Waals surface area (Å²) >= 11 is 0. The minimum absolute atomic E-state index is 0.0170. The van der Waals surface area contributed by atoms with Gasteiger partial charge in [0.1, 0.15) is 5.75 Å². The first kappa shape index (κ1) is 12.8. The minimum atomic E-state index is -3.47. The Hall–Kier alpha value is -1.31. The molecular formula is C9H14N2O4S. The largest absolute Gasteiger partial charge is 0.506 e. The third-order valence-corrected chi connectivity index (χ3v) is 2.51. The number of rotatable bonds is 4. The van der Waals surface area contributed by atoms with Crippen LogP contribution >= 0.6 is 0 Å². The summed E-state index contributed by atoms with van der Waals surface area (Å²) in [6, 6.07) is 4.11. The molecule has 7 heteroatoms. The van der Waals surface area contributed by atoms with Crippen molar-refractivity contribution in [1.82, 2.24) is 0 Å². The molecule has 0 aromatic heterocycles. The molecule has 0 saturated heterocycles. The van der Waals surface area contributed by atoms with Crippen molar-refractivity contribution in [3.63, 3.8) is 0 Å². The Morgan fingerprint density at radius 2 is 2.12 bits per heavy atom. The Morgan fingerprint density at radius 3 is 2.62 bits per heavy atom. The summed E-state index contributed by atoms with van der Waals surface area (Å²) < 4.78 is 24.1. The van der Waals surface area contributed by atoms with Gasteiger partial charge in [-0.25, -0.2) is 8.42 Å². The number of nitrogens with two attached hydrogens (primary N) is 1. The van der Waals surface area contributed by atoms with E-state index >= 15 is 0 Å². The average molecular weight is 246 g/mol. The molecule has 0 spiro atoms.